The van der Waals surface area contributed by atoms with Gasteiger partial charge in [0.15, 0.2) is 12.4 Å². The molecule has 2 aromatic carbocycles. The van der Waals surface area contributed by atoms with Gasteiger partial charge in [-0.05, 0) is 31.2 Å². The molecule has 0 bridgehead atoms. The lowest BCUT2D eigenvalue weighted by molar-refractivity contribution is 0.0427. The van der Waals surface area contributed by atoms with Gasteiger partial charge in [-0.3, -0.25) is 0 Å². The van der Waals surface area contributed by atoms with Crippen molar-refractivity contribution in [1.29, 1.82) is 0 Å². The first kappa shape index (κ1) is 18.4. The van der Waals surface area contributed by atoms with Gasteiger partial charge < -0.3 is 13.9 Å². The molecular formula is C21H18N4O4. The molecule has 0 aliphatic heterocycles. The maximum atomic E-state index is 12.5. The molecular weight excluding hydrogens is 372 g/mol. The zero-order chi connectivity index (χ0) is 20.2. The number of aryl methyl sites for hydroxylation is 1. The molecule has 4 rings (SSSR count). The Morgan fingerprint density at radius 1 is 1.10 bits per heavy atom. The maximum Gasteiger partial charge on any atom is 0.363 e. The third-order valence-electron chi connectivity index (χ3n) is 4.17. The standard InChI is InChI=1S/C21H18N4O4/c1-14-7-6-8-15(11-14)20-23-22-18(29-20)13-28-21(26)19-17(27-2)12-25(24-19)16-9-4-3-5-10-16/h3-12H,13H2,1-2H3. The van der Waals surface area contributed by atoms with Gasteiger partial charge in [-0.15, -0.1) is 10.2 Å². The van der Waals surface area contributed by atoms with Crippen molar-refractivity contribution >= 4 is 5.97 Å². The highest BCUT2D eigenvalue weighted by molar-refractivity contribution is 5.90. The Kier molecular flexibility index (Phi) is 5.07. The van der Waals surface area contributed by atoms with Crippen LogP contribution < -0.4 is 4.74 Å². The van der Waals surface area contributed by atoms with Gasteiger partial charge in [0.1, 0.15) is 0 Å². The minimum atomic E-state index is -0.646. The Hall–Kier alpha value is -3.94. The number of rotatable bonds is 6. The van der Waals surface area contributed by atoms with Crippen LogP contribution in [0.5, 0.6) is 5.75 Å². The second-order valence-electron chi connectivity index (χ2n) is 6.27. The van der Waals surface area contributed by atoms with Crippen LogP contribution in [0.15, 0.2) is 65.2 Å². The molecule has 0 unspecified atom stereocenters. The second kappa shape index (κ2) is 7.97. The zero-order valence-corrected chi connectivity index (χ0v) is 15.9. The number of esters is 1. The predicted molar refractivity (Wildman–Crippen MR) is 104 cm³/mol. The lowest BCUT2D eigenvalue weighted by atomic mass is 10.1. The third-order valence-corrected chi connectivity index (χ3v) is 4.17. The van der Waals surface area contributed by atoms with Gasteiger partial charge in [0.25, 0.3) is 5.89 Å². The number of hydrogen-bond donors (Lipinski definition) is 0. The Balaban J connectivity index is 1.47. The lowest BCUT2D eigenvalue weighted by Crippen LogP contribution is -2.08. The first-order chi connectivity index (χ1) is 14.1. The van der Waals surface area contributed by atoms with E-state index < -0.39 is 5.97 Å². The number of carbonyl (C=O) groups excluding carboxylic acids is 1. The molecule has 2 aromatic heterocycles. The minimum Gasteiger partial charge on any atom is -0.493 e. The fourth-order valence-corrected chi connectivity index (χ4v) is 2.76. The van der Waals surface area contributed by atoms with Crippen LogP contribution in [0.4, 0.5) is 0 Å². The van der Waals surface area contributed by atoms with Gasteiger partial charge in [-0.25, -0.2) is 9.48 Å². The first-order valence-electron chi connectivity index (χ1n) is 8.89. The van der Waals surface area contributed by atoms with Crippen molar-refractivity contribution in [2.24, 2.45) is 0 Å². The average molecular weight is 390 g/mol. The van der Waals surface area contributed by atoms with Crippen molar-refractivity contribution in [3.8, 4) is 22.9 Å². The molecule has 4 aromatic rings. The number of ether oxygens (including phenoxy) is 2. The monoisotopic (exact) mass is 390 g/mol. The number of carbonyl (C=O) groups is 1. The van der Waals surface area contributed by atoms with Crippen LogP contribution >= 0.6 is 0 Å². The SMILES string of the molecule is COc1cn(-c2ccccc2)nc1C(=O)OCc1nnc(-c2cccc(C)c2)o1. The molecule has 29 heavy (non-hydrogen) atoms. The van der Waals surface area contributed by atoms with E-state index in [2.05, 4.69) is 15.3 Å². The van der Waals surface area contributed by atoms with Crippen molar-refractivity contribution in [2.75, 3.05) is 7.11 Å². The molecule has 0 amide bonds. The van der Waals surface area contributed by atoms with Crippen LogP contribution in [-0.2, 0) is 11.3 Å². The Bertz CT molecular complexity index is 1130. The summed E-state index contributed by atoms with van der Waals surface area (Å²) in [6, 6.07) is 17.1. The average Bonchev–Trinajstić information content (AvgIpc) is 3.40. The molecule has 0 N–H and O–H groups in total. The molecule has 8 heteroatoms. The van der Waals surface area contributed by atoms with Gasteiger partial charge in [0.05, 0.1) is 19.0 Å². The molecule has 0 aliphatic rings. The topological polar surface area (TPSA) is 92.3 Å². The van der Waals surface area contributed by atoms with Crippen molar-refractivity contribution in [2.45, 2.75) is 13.5 Å². The number of benzene rings is 2. The van der Waals surface area contributed by atoms with E-state index in [9.17, 15) is 4.79 Å². The summed E-state index contributed by atoms with van der Waals surface area (Å²) in [6.07, 6.45) is 1.62. The van der Waals surface area contributed by atoms with Crippen molar-refractivity contribution in [3.05, 3.63) is 77.9 Å². The van der Waals surface area contributed by atoms with Crippen LogP contribution in [0.25, 0.3) is 17.1 Å². The smallest absolute Gasteiger partial charge is 0.363 e. The van der Waals surface area contributed by atoms with E-state index in [4.69, 9.17) is 13.9 Å². The summed E-state index contributed by atoms with van der Waals surface area (Å²) in [4.78, 5) is 12.5. The van der Waals surface area contributed by atoms with E-state index in [1.54, 1.807) is 10.9 Å². The van der Waals surface area contributed by atoms with E-state index in [1.165, 1.54) is 7.11 Å². The fraction of sp³-hybridized carbons (Fsp3) is 0.143. The Morgan fingerprint density at radius 2 is 1.93 bits per heavy atom. The molecule has 0 saturated heterocycles. The molecule has 0 spiro atoms. The minimum absolute atomic E-state index is 0.0646. The van der Waals surface area contributed by atoms with E-state index in [0.29, 0.717) is 11.6 Å². The van der Waals surface area contributed by atoms with Crippen molar-refractivity contribution in [3.63, 3.8) is 0 Å². The zero-order valence-electron chi connectivity index (χ0n) is 15.9. The number of methoxy groups -OCH3 is 1. The summed E-state index contributed by atoms with van der Waals surface area (Å²) in [5, 5.41) is 12.2. The Morgan fingerprint density at radius 3 is 2.69 bits per heavy atom. The maximum absolute atomic E-state index is 12.5. The highest BCUT2D eigenvalue weighted by Crippen LogP contribution is 2.22. The molecule has 0 atom stereocenters. The van der Waals surface area contributed by atoms with Crippen LogP contribution in [0, 0.1) is 6.92 Å². The molecule has 0 aliphatic carbocycles. The van der Waals surface area contributed by atoms with Gasteiger partial charge in [0, 0.05) is 5.56 Å². The predicted octanol–water partition coefficient (Wildman–Crippen LogP) is 3.60. The highest BCUT2D eigenvalue weighted by Gasteiger charge is 2.21. The summed E-state index contributed by atoms with van der Waals surface area (Å²) < 4.78 is 17.7. The van der Waals surface area contributed by atoms with Crippen LogP contribution in [0.2, 0.25) is 0 Å². The van der Waals surface area contributed by atoms with Crippen molar-refractivity contribution in [1.82, 2.24) is 20.0 Å². The fourth-order valence-electron chi connectivity index (χ4n) is 2.76. The number of nitrogens with zero attached hydrogens (tertiary/aromatic N) is 4. The van der Waals surface area contributed by atoms with Crippen LogP contribution in [-0.4, -0.2) is 33.1 Å². The molecule has 2 heterocycles. The molecule has 0 fully saturated rings. The van der Waals surface area contributed by atoms with Gasteiger partial charge in [-0.1, -0.05) is 35.9 Å². The quantitative estimate of drug-likeness (QED) is 0.465. The highest BCUT2D eigenvalue weighted by atomic mass is 16.5. The molecule has 0 radical (unpaired) electrons. The van der Waals surface area contributed by atoms with Gasteiger partial charge >= 0.3 is 5.97 Å². The normalized spacial score (nSPS) is 10.7. The molecule has 8 nitrogen and oxygen atoms in total. The largest absolute Gasteiger partial charge is 0.493 e. The molecule has 146 valence electrons. The van der Waals surface area contributed by atoms with Crippen LogP contribution in [0.1, 0.15) is 21.9 Å². The Labute approximate surface area is 166 Å². The van der Waals surface area contributed by atoms with Crippen LogP contribution in [0.3, 0.4) is 0 Å². The summed E-state index contributed by atoms with van der Waals surface area (Å²) in [6.45, 7) is 1.81. The van der Waals surface area contributed by atoms with E-state index in [-0.39, 0.29) is 18.2 Å². The summed E-state index contributed by atoms with van der Waals surface area (Å²) in [5.41, 5.74) is 2.74. The first-order valence-corrected chi connectivity index (χ1v) is 8.89. The number of para-hydroxylation sites is 1. The number of aromatic nitrogens is 4. The summed E-state index contributed by atoms with van der Waals surface area (Å²) >= 11 is 0. The number of hydrogen-bond acceptors (Lipinski definition) is 7. The second-order valence-corrected chi connectivity index (χ2v) is 6.27. The van der Waals surface area contributed by atoms with Gasteiger partial charge in [-0.2, -0.15) is 5.10 Å². The van der Waals surface area contributed by atoms with E-state index in [0.717, 1.165) is 16.8 Å². The van der Waals surface area contributed by atoms with Gasteiger partial charge in [0.2, 0.25) is 11.6 Å². The summed E-state index contributed by atoms with van der Waals surface area (Å²) in [5.74, 6) is 0.221. The third kappa shape index (κ3) is 4.01. The summed E-state index contributed by atoms with van der Waals surface area (Å²) in [7, 11) is 1.47. The van der Waals surface area contributed by atoms with Crippen molar-refractivity contribution < 1.29 is 18.7 Å². The molecule has 0 saturated carbocycles. The van der Waals surface area contributed by atoms with E-state index >= 15 is 0 Å². The lowest BCUT2D eigenvalue weighted by Gasteiger charge is -2.01. The van der Waals surface area contributed by atoms with E-state index in [1.807, 2.05) is 61.5 Å².